The molecule has 2 aromatic heterocycles. The summed E-state index contributed by atoms with van der Waals surface area (Å²) in [4.78, 5) is 31.7. The highest BCUT2D eigenvalue weighted by Crippen LogP contribution is 2.37. The molecule has 0 unspecified atom stereocenters. The highest BCUT2D eigenvalue weighted by Gasteiger charge is 2.39. The number of rotatable bonds is 4. The molecule has 2 aliphatic rings. The van der Waals surface area contributed by atoms with Gasteiger partial charge in [-0.25, -0.2) is 9.37 Å². The summed E-state index contributed by atoms with van der Waals surface area (Å²) in [5, 5.41) is 0. The van der Waals surface area contributed by atoms with Gasteiger partial charge in [-0.2, -0.15) is 13.2 Å². The minimum absolute atomic E-state index is 0.0151. The third-order valence-corrected chi connectivity index (χ3v) is 6.39. The molecule has 2 aliphatic heterocycles. The van der Waals surface area contributed by atoms with E-state index >= 15 is 0 Å². The fourth-order valence-corrected chi connectivity index (χ4v) is 4.62. The zero-order chi connectivity index (χ0) is 24.9. The van der Waals surface area contributed by atoms with E-state index in [4.69, 9.17) is 4.74 Å². The van der Waals surface area contributed by atoms with Gasteiger partial charge in [0, 0.05) is 32.3 Å². The number of aromatic nitrogens is 3. The lowest BCUT2D eigenvalue weighted by Gasteiger charge is -2.31. The molecule has 0 bridgehead atoms. The number of hydrogen-bond acceptors (Lipinski definition) is 4. The summed E-state index contributed by atoms with van der Waals surface area (Å²) >= 11 is 0. The molecule has 7 nitrogen and oxygen atoms in total. The molecule has 0 spiro atoms. The van der Waals surface area contributed by atoms with Gasteiger partial charge in [0.2, 0.25) is 0 Å². The number of benzene rings is 1. The van der Waals surface area contributed by atoms with Gasteiger partial charge in [0.05, 0.1) is 23.7 Å². The number of alkyl halides is 4. The zero-order valence-electron chi connectivity index (χ0n) is 18.7. The van der Waals surface area contributed by atoms with E-state index < -0.39 is 30.1 Å². The number of nitrogens with zero attached hydrogens (tertiary/aromatic N) is 4. The summed E-state index contributed by atoms with van der Waals surface area (Å²) < 4.78 is 61.9. The molecule has 35 heavy (non-hydrogen) atoms. The Labute approximate surface area is 197 Å². The maximum atomic E-state index is 14.7. The van der Waals surface area contributed by atoms with E-state index in [2.05, 4.69) is 4.98 Å². The monoisotopic (exact) mass is 490 g/mol. The molecule has 184 valence electrons. The maximum absolute atomic E-state index is 14.7. The van der Waals surface area contributed by atoms with Gasteiger partial charge in [-0.05, 0) is 36.8 Å². The number of fused-ring (bicyclic) bond motifs is 1. The van der Waals surface area contributed by atoms with E-state index in [1.807, 2.05) is 6.92 Å². The number of aryl methyl sites for hydroxylation is 1. The highest BCUT2D eigenvalue weighted by atomic mass is 19.4. The van der Waals surface area contributed by atoms with Crippen LogP contribution in [0.2, 0.25) is 0 Å². The number of carbonyl (C=O) groups excluding carboxylic acids is 1. The Morgan fingerprint density at radius 1 is 1.09 bits per heavy atom. The molecule has 11 heteroatoms. The Morgan fingerprint density at radius 2 is 1.83 bits per heavy atom. The predicted molar refractivity (Wildman–Crippen MR) is 117 cm³/mol. The van der Waals surface area contributed by atoms with Gasteiger partial charge in [0.25, 0.3) is 11.5 Å². The molecule has 0 N–H and O–H groups in total. The average molecular weight is 490 g/mol. The number of amides is 1. The Hall–Kier alpha value is -3.47. The fourth-order valence-electron chi connectivity index (χ4n) is 4.62. The van der Waals surface area contributed by atoms with Crippen LogP contribution in [-0.2, 0) is 17.5 Å². The number of halogens is 4. The summed E-state index contributed by atoms with van der Waals surface area (Å²) in [6.07, 6.45) is -4.23. The molecule has 1 amide bonds. The zero-order valence-corrected chi connectivity index (χ0v) is 18.7. The van der Waals surface area contributed by atoms with Gasteiger partial charge in [-0.15, -0.1) is 0 Å². The van der Waals surface area contributed by atoms with Crippen LogP contribution in [0, 0.1) is 6.92 Å². The first-order valence-corrected chi connectivity index (χ1v) is 11.1. The van der Waals surface area contributed by atoms with Gasteiger partial charge in [-0.3, -0.25) is 9.59 Å². The van der Waals surface area contributed by atoms with E-state index in [1.165, 1.54) is 27.9 Å². The van der Waals surface area contributed by atoms with E-state index in [-0.39, 0.29) is 43.2 Å². The normalized spacial score (nSPS) is 22.5. The van der Waals surface area contributed by atoms with Gasteiger partial charge in [0.15, 0.2) is 0 Å². The van der Waals surface area contributed by atoms with Crippen molar-refractivity contribution in [3.05, 3.63) is 81.8 Å². The molecule has 4 heterocycles. The number of carbonyl (C=O) groups is 1. The smallest absolute Gasteiger partial charge is 0.365 e. The first-order valence-electron chi connectivity index (χ1n) is 11.1. The Balaban J connectivity index is 1.29. The minimum atomic E-state index is -4.47. The average Bonchev–Trinajstić information content (AvgIpc) is 3.40. The third-order valence-electron chi connectivity index (χ3n) is 6.39. The highest BCUT2D eigenvalue weighted by molar-refractivity contribution is 5.93. The molecule has 0 saturated carbocycles. The van der Waals surface area contributed by atoms with Crippen molar-refractivity contribution >= 4 is 5.91 Å². The van der Waals surface area contributed by atoms with Crippen molar-refractivity contribution in [2.75, 3.05) is 13.1 Å². The van der Waals surface area contributed by atoms with Crippen LogP contribution >= 0.6 is 0 Å². The summed E-state index contributed by atoms with van der Waals surface area (Å²) in [6, 6.07) is 7.40. The first-order chi connectivity index (χ1) is 16.6. The van der Waals surface area contributed by atoms with E-state index in [1.54, 1.807) is 22.9 Å². The molecule has 1 fully saturated rings. The van der Waals surface area contributed by atoms with Crippen molar-refractivity contribution in [2.45, 2.75) is 44.4 Å². The summed E-state index contributed by atoms with van der Waals surface area (Å²) in [5.41, 5.74) is 0.565. The molecule has 1 saturated heterocycles. The second kappa shape index (κ2) is 8.63. The standard InChI is InChI=1S/C24H22F4N4O3/c1-14-11-31(13-29-14)19-6-7-20-22(33)30(8-9-32(20)23(19)34)12-17-10-18(25)21(35-17)15-2-4-16(5-3-15)24(26,27)28/h2-7,11,13,17-18,21H,8-10,12H2,1H3/t17-,18+,21-/m0/s1. The van der Waals surface area contributed by atoms with Crippen molar-refractivity contribution in [1.82, 2.24) is 19.0 Å². The third kappa shape index (κ3) is 4.36. The van der Waals surface area contributed by atoms with Crippen LogP contribution in [0.3, 0.4) is 0 Å². The van der Waals surface area contributed by atoms with Crippen LogP contribution in [0.15, 0.2) is 53.7 Å². The van der Waals surface area contributed by atoms with E-state index in [0.717, 1.165) is 17.8 Å². The van der Waals surface area contributed by atoms with Crippen LogP contribution in [-0.4, -0.2) is 50.3 Å². The Bertz CT molecular complexity index is 1320. The lowest BCUT2D eigenvalue weighted by atomic mass is 10.0. The molecule has 5 rings (SSSR count). The Kier molecular flexibility index (Phi) is 5.74. The number of ether oxygens (including phenoxy) is 1. The van der Waals surface area contributed by atoms with Crippen molar-refractivity contribution < 1.29 is 27.1 Å². The lowest BCUT2D eigenvalue weighted by Crippen LogP contribution is -2.47. The second-order valence-electron chi connectivity index (χ2n) is 8.78. The van der Waals surface area contributed by atoms with Crippen LogP contribution in [0.1, 0.15) is 39.8 Å². The Morgan fingerprint density at radius 3 is 2.49 bits per heavy atom. The van der Waals surface area contributed by atoms with E-state index in [9.17, 15) is 27.2 Å². The topological polar surface area (TPSA) is 69.4 Å². The molecule has 1 aromatic carbocycles. The van der Waals surface area contributed by atoms with Crippen molar-refractivity contribution in [1.29, 1.82) is 0 Å². The van der Waals surface area contributed by atoms with E-state index in [0.29, 0.717) is 11.3 Å². The summed E-state index contributed by atoms with van der Waals surface area (Å²) in [5.74, 6) is -0.362. The van der Waals surface area contributed by atoms with Crippen LogP contribution < -0.4 is 5.56 Å². The second-order valence-corrected chi connectivity index (χ2v) is 8.78. The first kappa shape index (κ1) is 23.3. The minimum Gasteiger partial charge on any atom is -0.365 e. The predicted octanol–water partition coefficient (Wildman–Crippen LogP) is 3.69. The molecule has 0 aliphatic carbocycles. The lowest BCUT2D eigenvalue weighted by molar-refractivity contribution is -0.137. The summed E-state index contributed by atoms with van der Waals surface area (Å²) in [7, 11) is 0. The van der Waals surface area contributed by atoms with Crippen molar-refractivity contribution in [2.24, 2.45) is 0 Å². The van der Waals surface area contributed by atoms with Crippen molar-refractivity contribution in [3.63, 3.8) is 0 Å². The molecule has 3 atom stereocenters. The number of pyridine rings is 1. The molecular formula is C24H22F4N4O3. The summed E-state index contributed by atoms with van der Waals surface area (Å²) in [6.45, 7) is 2.45. The van der Waals surface area contributed by atoms with Gasteiger partial charge >= 0.3 is 6.18 Å². The van der Waals surface area contributed by atoms with Crippen LogP contribution in [0.5, 0.6) is 0 Å². The number of hydrogen-bond donors (Lipinski definition) is 0. The molecular weight excluding hydrogens is 468 g/mol. The fraction of sp³-hybridized carbons (Fsp3) is 0.375. The SMILES string of the molecule is Cc1cn(-c2ccc3n(c2=O)CCN(C[C@@H]2C[C@@H](F)[C@H](c4ccc(C(F)(F)F)cc4)O2)C3=O)cn1. The largest absolute Gasteiger partial charge is 0.416 e. The number of imidazole rings is 1. The molecule has 3 aromatic rings. The quantitative estimate of drug-likeness (QED) is 0.524. The van der Waals surface area contributed by atoms with Gasteiger partial charge < -0.3 is 18.8 Å². The van der Waals surface area contributed by atoms with Gasteiger partial charge in [-0.1, -0.05) is 12.1 Å². The maximum Gasteiger partial charge on any atom is 0.416 e. The van der Waals surface area contributed by atoms with Gasteiger partial charge in [0.1, 0.15) is 23.7 Å². The van der Waals surface area contributed by atoms with Crippen LogP contribution in [0.25, 0.3) is 5.69 Å². The van der Waals surface area contributed by atoms with Crippen molar-refractivity contribution in [3.8, 4) is 5.69 Å². The van der Waals surface area contributed by atoms with Crippen LogP contribution in [0.4, 0.5) is 17.6 Å². The molecule has 0 radical (unpaired) electrons.